The number of anilines is 1. The molecule has 0 saturated heterocycles. The molecule has 4 nitrogen and oxygen atoms in total. The predicted octanol–water partition coefficient (Wildman–Crippen LogP) is 2.58. The van der Waals surface area contributed by atoms with Crippen LogP contribution in [0.5, 0.6) is 0 Å². The van der Waals surface area contributed by atoms with Gasteiger partial charge in [0.15, 0.2) is 0 Å². The van der Waals surface area contributed by atoms with E-state index in [2.05, 4.69) is 10.6 Å². The normalized spacial score (nSPS) is 10.3. The molecule has 0 heterocycles. The van der Waals surface area contributed by atoms with Crippen LogP contribution in [0.2, 0.25) is 0 Å². The van der Waals surface area contributed by atoms with Gasteiger partial charge in [0.2, 0.25) is 0 Å². The van der Waals surface area contributed by atoms with Crippen LogP contribution in [0.1, 0.15) is 35.7 Å². The van der Waals surface area contributed by atoms with E-state index in [0.29, 0.717) is 12.1 Å². The molecule has 1 aromatic carbocycles. The molecular formula is C15H24N2O2. The van der Waals surface area contributed by atoms with E-state index in [1.54, 1.807) is 7.11 Å². The number of amides is 1. The minimum absolute atomic E-state index is 0.0200. The van der Waals surface area contributed by atoms with Gasteiger partial charge < -0.3 is 15.4 Å². The molecule has 0 aromatic heterocycles. The van der Waals surface area contributed by atoms with E-state index in [-0.39, 0.29) is 5.91 Å². The van der Waals surface area contributed by atoms with Crippen LogP contribution in [-0.4, -0.2) is 32.7 Å². The molecule has 0 atom stereocenters. The smallest absolute Gasteiger partial charge is 0.253 e. The SMILES string of the molecule is CCNc1cc(C)ccc1C(=O)NCCCCOC. The molecule has 1 amide bonds. The van der Waals surface area contributed by atoms with Gasteiger partial charge in [-0.2, -0.15) is 0 Å². The molecule has 2 N–H and O–H groups in total. The number of nitrogens with one attached hydrogen (secondary N) is 2. The highest BCUT2D eigenvalue weighted by Gasteiger charge is 2.10. The Hall–Kier alpha value is -1.55. The zero-order chi connectivity index (χ0) is 14.1. The van der Waals surface area contributed by atoms with Crippen LogP contribution in [-0.2, 0) is 4.74 Å². The summed E-state index contributed by atoms with van der Waals surface area (Å²) in [5.41, 5.74) is 2.75. The van der Waals surface area contributed by atoms with Gasteiger partial charge in [-0.3, -0.25) is 4.79 Å². The summed E-state index contributed by atoms with van der Waals surface area (Å²) in [7, 11) is 1.69. The molecule has 0 aliphatic rings. The van der Waals surface area contributed by atoms with E-state index in [4.69, 9.17) is 4.74 Å². The van der Waals surface area contributed by atoms with Gasteiger partial charge in [-0.15, -0.1) is 0 Å². The second-order valence-corrected chi connectivity index (χ2v) is 4.54. The van der Waals surface area contributed by atoms with Crippen LogP contribution < -0.4 is 10.6 Å². The first-order valence-corrected chi connectivity index (χ1v) is 6.80. The molecule has 1 rings (SSSR count). The minimum Gasteiger partial charge on any atom is -0.385 e. The van der Waals surface area contributed by atoms with Crippen LogP contribution >= 0.6 is 0 Å². The lowest BCUT2D eigenvalue weighted by molar-refractivity contribution is 0.0952. The summed E-state index contributed by atoms with van der Waals surface area (Å²) < 4.78 is 4.98. The van der Waals surface area contributed by atoms with E-state index in [1.165, 1.54) is 0 Å². The number of methoxy groups -OCH3 is 1. The number of unbranched alkanes of at least 4 members (excludes halogenated alkanes) is 1. The third-order valence-electron chi connectivity index (χ3n) is 2.85. The fourth-order valence-electron chi connectivity index (χ4n) is 1.86. The molecule has 0 bridgehead atoms. The summed E-state index contributed by atoms with van der Waals surface area (Å²) in [4.78, 5) is 12.1. The molecule has 0 saturated carbocycles. The number of rotatable bonds is 8. The zero-order valence-corrected chi connectivity index (χ0v) is 12.1. The standard InChI is InChI=1S/C15H24N2O2/c1-4-16-14-11-12(2)7-8-13(14)15(18)17-9-5-6-10-19-3/h7-8,11,16H,4-6,9-10H2,1-3H3,(H,17,18). The third-order valence-corrected chi connectivity index (χ3v) is 2.85. The first-order chi connectivity index (χ1) is 9.19. The van der Waals surface area contributed by atoms with Crippen LogP contribution in [0.25, 0.3) is 0 Å². The van der Waals surface area contributed by atoms with E-state index < -0.39 is 0 Å². The largest absolute Gasteiger partial charge is 0.385 e. The van der Waals surface area contributed by atoms with Crippen molar-refractivity contribution in [3.05, 3.63) is 29.3 Å². The third kappa shape index (κ3) is 5.30. The first kappa shape index (κ1) is 15.5. The van der Waals surface area contributed by atoms with E-state index in [0.717, 1.165) is 37.2 Å². The van der Waals surface area contributed by atoms with Crippen LogP contribution in [0.3, 0.4) is 0 Å². The maximum Gasteiger partial charge on any atom is 0.253 e. The molecule has 106 valence electrons. The fourth-order valence-corrected chi connectivity index (χ4v) is 1.86. The maximum atomic E-state index is 12.1. The van der Waals surface area contributed by atoms with Gasteiger partial charge >= 0.3 is 0 Å². The molecule has 0 aliphatic heterocycles. The Morgan fingerprint density at radius 1 is 1.32 bits per heavy atom. The fraction of sp³-hybridized carbons (Fsp3) is 0.533. The lowest BCUT2D eigenvalue weighted by Gasteiger charge is -2.12. The molecule has 4 heteroatoms. The van der Waals surface area contributed by atoms with Crippen molar-refractivity contribution in [3.63, 3.8) is 0 Å². The summed E-state index contributed by atoms with van der Waals surface area (Å²) in [6.07, 6.45) is 1.90. The summed E-state index contributed by atoms with van der Waals surface area (Å²) in [5, 5.41) is 6.17. The summed E-state index contributed by atoms with van der Waals surface area (Å²) in [6.45, 7) is 6.27. The summed E-state index contributed by atoms with van der Waals surface area (Å²) >= 11 is 0. The highest BCUT2D eigenvalue weighted by atomic mass is 16.5. The molecule has 0 unspecified atom stereocenters. The molecule has 19 heavy (non-hydrogen) atoms. The van der Waals surface area contributed by atoms with Crippen LogP contribution in [0.15, 0.2) is 18.2 Å². The first-order valence-electron chi connectivity index (χ1n) is 6.80. The van der Waals surface area contributed by atoms with Gasteiger partial charge in [-0.05, 0) is 44.4 Å². The van der Waals surface area contributed by atoms with Crippen molar-refractivity contribution in [1.82, 2.24) is 5.32 Å². The van der Waals surface area contributed by atoms with Crippen LogP contribution in [0, 0.1) is 6.92 Å². The molecule has 0 aliphatic carbocycles. The highest BCUT2D eigenvalue weighted by molar-refractivity contribution is 5.99. The Labute approximate surface area is 115 Å². The van der Waals surface area contributed by atoms with Crippen molar-refractivity contribution in [1.29, 1.82) is 0 Å². The molecule has 0 radical (unpaired) electrons. The number of benzene rings is 1. The molecular weight excluding hydrogens is 240 g/mol. The highest BCUT2D eigenvalue weighted by Crippen LogP contribution is 2.17. The number of carbonyl (C=O) groups is 1. The van der Waals surface area contributed by atoms with Gasteiger partial charge in [-0.1, -0.05) is 6.07 Å². The number of hydrogen-bond donors (Lipinski definition) is 2. The van der Waals surface area contributed by atoms with Crippen molar-refractivity contribution < 1.29 is 9.53 Å². The van der Waals surface area contributed by atoms with Gasteiger partial charge in [0.1, 0.15) is 0 Å². The van der Waals surface area contributed by atoms with Gasteiger partial charge in [0, 0.05) is 32.5 Å². The van der Waals surface area contributed by atoms with Crippen molar-refractivity contribution in [2.75, 3.05) is 32.1 Å². The monoisotopic (exact) mass is 264 g/mol. The van der Waals surface area contributed by atoms with Crippen LogP contribution in [0.4, 0.5) is 5.69 Å². The van der Waals surface area contributed by atoms with E-state index in [9.17, 15) is 4.79 Å². The van der Waals surface area contributed by atoms with Gasteiger partial charge in [0.25, 0.3) is 5.91 Å². The van der Waals surface area contributed by atoms with Crippen molar-refractivity contribution in [2.24, 2.45) is 0 Å². The number of carbonyl (C=O) groups excluding carboxylic acids is 1. The van der Waals surface area contributed by atoms with E-state index >= 15 is 0 Å². The minimum atomic E-state index is -0.0200. The van der Waals surface area contributed by atoms with Crippen molar-refractivity contribution in [3.8, 4) is 0 Å². The van der Waals surface area contributed by atoms with Gasteiger partial charge in [0.05, 0.1) is 5.56 Å². The predicted molar refractivity (Wildman–Crippen MR) is 78.8 cm³/mol. The maximum absolute atomic E-state index is 12.1. The van der Waals surface area contributed by atoms with E-state index in [1.807, 2.05) is 32.0 Å². The molecule has 0 spiro atoms. The second-order valence-electron chi connectivity index (χ2n) is 4.54. The van der Waals surface area contributed by atoms with Crippen molar-refractivity contribution in [2.45, 2.75) is 26.7 Å². The summed E-state index contributed by atoms with van der Waals surface area (Å²) in [6, 6.07) is 5.84. The lowest BCUT2D eigenvalue weighted by Crippen LogP contribution is -2.25. The Morgan fingerprint density at radius 2 is 2.11 bits per heavy atom. The topological polar surface area (TPSA) is 50.4 Å². The molecule has 1 aromatic rings. The number of hydrogen-bond acceptors (Lipinski definition) is 3. The number of ether oxygens (including phenoxy) is 1. The average Bonchev–Trinajstić information content (AvgIpc) is 2.39. The average molecular weight is 264 g/mol. The Bertz CT molecular complexity index is 405. The summed E-state index contributed by atoms with van der Waals surface area (Å²) in [5.74, 6) is -0.0200. The Kier molecular flexibility index (Phi) is 6.97. The quantitative estimate of drug-likeness (QED) is 0.710. The van der Waals surface area contributed by atoms with Crippen molar-refractivity contribution >= 4 is 11.6 Å². The Morgan fingerprint density at radius 3 is 2.79 bits per heavy atom. The zero-order valence-electron chi connectivity index (χ0n) is 12.1. The van der Waals surface area contributed by atoms with Gasteiger partial charge in [-0.25, -0.2) is 0 Å². The lowest BCUT2D eigenvalue weighted by atomic mass is 10.1. The molecule has 0 fully saturated rings. The number of aryl methyl sites for hydroxylation is 1. The second kappa shape index (κ2) is 8.53. The Balaban J connectivity index is 2.55.